The standard InChI is InChI=1S/C11H7NO2S2/c12-8-9-6-7-11(15-9)16(13,14)10-4-2-1-3-5-10/h1-7H. The fourth-order valence-electron chi connectivity index (χ4n) is 1.24. The lowest BCUT2D eigenvalue weighted by Gasteiger charge is -1.99. The number of rotatable bonds is 2. The molecule has 0 unspecified atom stereocenters. The van der Waals surface area contributed by atoms with Gasteiger partial charge in [0.2, 0.25) is 9.84 Å². The van der Waals surface area contributed by atoms with Gasteiger partial charge >= 0.3 is 0 Å². The molecule has 0 radical (unpaired) electrons. The molecule has 5 heteroatoms. The Morgan fingerprint density at radius 3 is 2.31 bits per heavy atom. The summed E-state index contributed by atoms with van der Waals surface area (Å²) >= 11 is 0.986. The molecule has 3 nitrogen and oxygen atoms in total. The molecule has 2 rings (SSSR count). The molecule has 0 atom stereocenters. The maximum absolute atomic E-state index is 12.1. The van der Waals surface area contributed by atoms with Gasteiger partial charge in [-0.25, -0.2) is 8.42 Å². The monoisotopic (exact) mass is 249 g/mol. The van der Waals surface area contributed by atoms with E-state index in [2.05, 4.69) is 0 Å². The Bertz CT molecular complexity index is 636. The summed E-state index contributed by atoms with van der Waals surface area (Å²) in [4.78, 5) is 0.649. The van der Waals surface area contributed by atoms with Crippen LogP contribution in [0.15, 0.2) is 51.6 Å². The second-order valence-electron chi connectivity index (χ2n) is 3.05. The molecule has 16 heavy (non-hydrogen) atoms. The van der Waals surface area contributed by atoms with Crippen molar-refractivity contribution in [2.24, 2.45) is 0 Å². The van der Waals surface area contributed by atoms with Gasteiger partial charge in [0.15, 0.2) is 0 Å². The molecule has 0 aliphatic rings. The molecule has 1 aromatic heterocycles. The maximum atomic E-state index is 12.1. The fraction of sp³-hybridized carbons (Fsp3) is 0. The van der Waals surface area contributed by atoms with Crippen LogP contribution in [0.3, 0.4) is 0 Å². The van der Waals surface area contributed by atoms with Crippen molar-refractivity contribution in [1.82, 2.24) is 0 Å². The van der Waals surface area contributed by atoms with E-state index in [4.69, 9.17) is 5.26 Å². The molecule has 0 aliphatic heterocycles. The highest BCUT2D eigenvalue weighted by Gasteiger charge is 2.19. The summed E-state index contributed by atoms with van der Waals surface area (Å²) < 4.78 is 24.3. The summed E-state index contributed by atoms with van der Waals surface area (Å²) in [6.07, 6.45) is 0. The summed E-state index contributed by atoms with van der Waals surface area (Å²) in [6.45, 7) is 0. The van der Waals surface area contributed by atoms with Crippen molar-refractivity contribution in [1.29, 1.82) is 5.26 Å². The van der Waals surface area contributed by atoms with Gasteiger partial charge in [-0.15, -0.1) is 11.3 Å². The zero-order valence-electron chi connectivity index (χ0n) is 8.12. The number of nitriles is 1. The van der Waals surface area contributed by atoms with Crippen LogP contribution in [0, 0.1) is 11.3 Å². The van der Waals surface area contributed by atoms with Crippen molar-refractivity contribution in [2.75, 3.05) is 0 Å². The Labute approximate surface area is 97.5 Å². The average Bonchev–Trinajstić information content (AvgIpc) is 2.79. The molecule has 0 saturated carbocycles. The van der Waals surface area contributed by atoms with E-state index in [0.717, 1.165) is 11.3 Å². The first-order valence-corrected chi connectivity index (χ1v) is 6.74. The molecule has 0 amide bonds. The van der Waals surface area contributed by atoms with E-state index in [1.54, 1.807) is 30.3 Å². The first-order valence-electron chi connectivity index (χ1n) is 4.44. The topological polar surface area (TPSA) is 57.9 Å². The smallest absolute Gasteiger partial charge is 0.215 e. The third kappa shape index (κ3) is 1.85. The molecule has 1 aromatic carbocycles. The van der Waals surface area contributed by atoms with Gasteiger partial charge in [-0.05, 0) is 24.3 Å². The first kappa shape index (κ1) is 10.9. The van der Waals surface area contributed by atoms with Gasteiger partial charge in [-0.1, -0.05) is 18.2 Å². The summed E-state index contributed by atoms with van der Waals surface area (Å²) in [6, 6.07) is 13.1. The Morgan fingerprint density at radius 1 is 1.06 bits per heavy atom. The Hall–Kier alpha value is -1.64. The number of benzene rings is 1. The van der Waals surface area contributed by atoms with Crippen molar-refractivity contribution in [3.63, 3.8) is 0 Å². The van der Waals surface area contributed by atoms with Gasteiger partial charge in [-0.2, -0.15) is 5.26 Å². The van der Waals surface area contributed by atoms with Gasteiger partial charge in [0.25, 0.3) is 0 Å². The molecule has 0 fully saturated rings. The van der Waals surface area contributed by atoms with Crippen LogP contribution in [0.25, 0.3) is 0 Å². The molecule has 1 heterocycles. The van der Waals surface area contributed by atoms with E-state index in [1.165, 1.54) is 12.1 Å². The summed E-state index contributed by atoms with van der Waals surface area (Å²) in [5.74, 6) is 0. The number of hydrogen-bond acceptors (Lipinski definition) is 4. The minimum atomic E-state index is -3.46. The molecular weight excluding hydrogens is 242 g/mol. The molecule has 0 spiro atoms. The SMILES string of the molecule is N#Cc1ccc(S(=O)(=O)c2ccccc2)s1. The Balaban J connectivity index is 2.53. The minimum absolute atomic E-state index is 0.204. The highest BCUT2D eigenvalue weighted by atomic mass is 32.2. The third-order valence-electron chi connectivity index (χ3n) is 2.01. The van der Waals surface area contributed by atoms with Gasteiger partial charge in [0.1, 0.15) is 15.2 Å². The van der Waals surface area contributed by atoms with E-state index >= 15 is 0 Å². The summed E-state index contributed by atoms with van der Waals surface area (Å²) in [7, 11) is -3.46. The molecule has 2 aromatic rings. The van der Waals surface area contributed by atoms with Crippen molar-refractivity contribution < 1.29 is 8.42 Å². The largest absolute Gasteiger partial charge is 0.218 e. The van der Waals surface area contributed by atoms with Crippen LogP contribution in [0.5, 0.6) is 0 Å². The first-order chi connectivity index (χ1) is 7.64. The number of sulfone groups is 1. The van der Waals surface area contributed by atoms with Crippen LogP contribution < -0.4 is 0 Å². The van der Waals surface area contributed by atoms with Gasteiger partial charge in [-0.3, -0.25) is 0 Å². The van der Waals surface area contributed by atoms with Crippen LogP contribution in [-0.4, -0.2) is 8.42 Å². The predicted molar refractivity (Wildman–Crippen MR) is 60.9 cm³/mol. The lowest BCUT2D eigenvalue weighted by Crippen LogP contribution is -1.98. The van der Waals surface area contributed by atoms with Crippen LogP contribution in [-0.2, 0) is 9.84 Å². The number of hydrogen-bond donors (Lipinski definition) is 0. The van der Waals surface area contributed by atoms with Crippen molar-refractivity contribution >= 4 is 21.2 Å². The number of thiophene rings is 1. The van der Waals surface area contributed by atoms with Crippen molar-refractivity contribution in [2.45, 2.75) is 9.10 Å². The molecule has 0 aliphatic carbocycles. The molecule has 0 bridgehead atoms. The van der Waals surface area contributed by atoms with Crippen molar-refractivity contribution in [3.8, 4) is 6.07 Å². The molecular formula is C11H7NO2S2. The minimum Gasteiger partial charge on any atom is -0.218 e. The van der Waals surface area contributed by atoms with E-state index in [0.29, 0.717) is 4.88 Å². The number of nitrogens with zero attached hydrogens (tertiary/aromatic N) is 1. The summed E-state index contributed by atoms with van der Waals surface area (Å²) in [5.41, 5.74) is 0. The average molecular weight is 249 g/mol. The predicted octanol–water partition coefficient (Wildman–Crippen LogP) is 2.45. The highest BCUT2D eigenvalue weighted by Crippen LogP contribution is 2.26. The van der Waals surface area contributed by atoms with E-state index in [1.807, 2.05) is 6.07 Å². The quantitative estimate of drug-likeness (QED) is 0.821. The fourth-order valence-corrected chi connectivity index (χ4v) is 3.77. The Kier molecular flexibility index (Phi) is 2.77. The highest BCUT2D eigenvalue weighted by molar-refractivity contribution is 7.93. The third-order valence-corrected chi connectivity index (χ3v) is 5.26. The maximum Gasteiger partial charge on any atom is 0.215 e. The van der Waals surface area contributed by atoms with Crippen LogP contribution >= 0.6 is 11.3 Å². The zero-order valence-corrected chi connectivity index (χ0v) is 9.75. The van der Waals surface area contributed by atoms with E-state index in [9.17, 15) is 8.42 Å². The normalized spacial score (nSPS) is 10.9. The van der Waals surface area contributed by atoms with Gasteiger partial charge in [0, 0.05) is 0 Å². The Morgan fingerprint density at radius 2 is 1.75 bits per heavy atom. The molecule has 0 saturated heterocycles. The van der Waals surface area contributed by atoms with Gasteiger partial charge < -0.3 is 0 Å². The lowest BCUT2D eigenvalue weighted by molar-refractivity contribution is 0.598. The second kappa shape index (κ2) is 4.08. The van der Waals surface area contributed by atoms with E-state index < -0.39 is 9.84 Å². The van der Waals surface area contributed by atoms with Crippen LogP contribution in [0.4, 0.5) is 0 Å². The van der Waals surface area contributed by atoms with Crippen LogP contribution in [0.1, 0.15) is 4.88 Å². The van der Waals surface area contributed by atoms with Crippen molar-refractivity contribution in [3.05, 3.63) is 47.3 Å². The van der Waals surface area contributed by atoms with Crippen LogP contribution in [0.2, 0.25) is 0 Å². The lowest BCUT2D eigenvalue weighted by atomic mass is 10.4. The van der Waals surface area contributed by atoms with Gasteiger partial charge in [0.05, 0.1) is 4.90 Å². The molecule has 0 N–H and O–H groups in total. The molecule has 80 valence electrons. The van der Waals surface area contributed by atoms with E-state index in [-0.39, 0.29) is 9.10 Å². The second-order valence-corrected chi connectivity index (χ2v) is 6.31. The summed E-state index contributed by atoms with van der Waals surface area (Å²) in [5, 5.41) is 8.65. The zero-order chi connectivity index (χ0) is 11.6.